The summed E-state index contributed by atoms with van der Waals surface area (Å²) in [6.45, 7) is 3.13. The maximum atomic E-state index is 12.7. The largest absolute Gasteiger partial charge is 0.336 e. The number of imidazole rings is 1. The van der Waals surface area contributed by atoms with E-state index in [1.807, 2.05) is 64.0 Å². The summed E-state index contributed by atoms with van der Waals surface area (Å²) in [7, 11) is 0. The number of rotatable bonds is 3. The van der Waals surface area contributed by atoms with Crippen LogP contribution in [0.4, 0.5) is 5.69 Å². The van der Waals surface area contributed by atoms with E-state index in [2.05, 4.69) is 15.6 Å². The molecule has 4 heterocycles. The van der Waals surface area contributed by atoms with Crippen molar-refractivity contribution in [1.29, 1.82) is 0 Å². The molecule has 8 heteroatoms. The van der Waals surface area contributed by atoms with E-state index in [1.54, 1.807) is 6.20 Å². The number of hydrogen-bond acceptors (Lipinski definition) is 5. The molecule has 33 heavy (non-hydrogen) atoms. The van der Waals surface area contributed by atoms with Crippen molar-refractivity contribution in [3.63, 3.8) is 0 Å². The average molecular weight is 438 g/mol. The summed E-state index contributed by atoms with van der Waals surface area (Å²) >= 11 is 0. The summed E-state index contributed by atoms with van der Waals surface area (Å²) in [4.78, 5) is 30.8. The smallest absolute Gasteiger partial charge is 0.253 e. The van der Waals surface area contributed by atoms with Gasteiger partial charge < -0.3 is 15.5 Å². The second kappa shape index (κ2) is 7.83. The van der Waals surface area contributed by atoms with Gasteiger partial charge >= 0.3 is 0 Å². The highest BCUT2D eigenvalue weighted by Crippen LogP contribution is 2.30. The first-order valence-electron chi connectivity index (χ1n) is 11.0. The number of amides is 2. The molecule has 2 aromatic carbocycles. The van der Waals surface area contributed by atoms with Crippen LogP contribution in [0.3, 0.4) is 0 Å². The standard InChI is InChI=1S/C25H22N6O2/c32-24-14-19-13-18(5-6-20(19)28-24)22-15-27-23-8-7-21(29-31(22)23)16-1-3-17(4-2-16)25(33)30-11-9-26-10-12-30/h1-8,13,15,26H,9-12,14H2,(H,28,32). The number of nitrogens with zero attached hydrogens (tertiary/aromatic N) is 4. The average Bonchev–Trinajstić information content (AvgIpc) is 3.45. The molecule has 4 aromatic rings. The Bertz CT molecular complexity index is 1390. The maximum absolute atomic E-state index is 12.7. The lowest BCUT2D eigenvalue weighted by atomic mass is 10.1. The summed E-state index contributed by atoms with van der Waals surface area (Å²) in [5.74, 6) is 0.0764. The zero-order valence-electron chi connectivity index (χ0n) is 17.9. The van der Waals surface area contributed by atoms with Gasteiger partial charge in [0.1, 0.15) is 0 Å². The second-order valence-electron chi connectivity index (χ2n) is 8.35. The van der Waals surface area contributed by atoms with Gasteiger partial charge in [-0.1, -0.05) is 18.2 Å². The molecule has 0 saturated carbocycles. The van der Waals surface area contributed by atoms with E-state index in [-0.39, 0.29) is 11.8 Å². The van der Waals surface area contributed by atoms with Crippen LogP contribution in [0.2, 0.25) is 0 Å². The number of aromatic nitrogens is 3. The Morgan fingerprint density at radius 1 is 0.939 bits per heavy atom. The highest BCUT2D eigenvalue weighted by Gasteiger charge is 2.20. The van der Waals surface area contributed by atoms with Crippen molar-refractivity contribution < 1.29 is 9.59 Å². The fourth-order valence-electron chi connectivity index (χ4n) is 4.45. The van der Waals surface area contributed by atoms with Crippen LogP contribution in [-0.4, -0.2) is 57.5 Å². The molecule has 2 aliphatic rings. The molecule has 1 fully saturated rings. The number of benzene rings is 2. The Hall–Kier alpha value is -4.04. The molecule has 0 radical (unpaired) electrons. The lowest BCUT2D eigenvalue weighted by Crippen LogP contribution is -2.46. The van der Waals surface area contributed by atoms with Gasteiger partial charge in [-0.05, 0) is 42.0 Å². The van der Waals surface area contributed by atoms with Crippen molar-refractivity contribution in [3.8, 4) is 22.5 Å². The monoisotopic (exact) mass is 438 g/mol. The summed E-state index contributed by atoms with van der Waals surface area (Å²) in [6.07, 6.45) is 2.19. The Labute approximate surface area is 190 Å². The third kappa shape index (κ3) is 3.54. The van der Waals surface area contributed by atoms with Crippen LogP contribution < -0.4 is 10.6 Å². The number of piperazine rings is 1. The lowest BCUT2D eigenvalue weighted by molar-refractivity contribution is -0.115. The first-order chi connectivity index (χ1) is 16.2. The minimum atomic E-state index is 0.0135. The number of fused-ring (bicyclic) bond motifs is 2. The Morgan fingerprint density at radius 3 is 2.55 bits per heavy atom. The SMILES string of the molecule is O=C1Cc2cc(-c3cnc4ccc(-c5ccc(C(=O)N6CCNCC6)cc5)nn34)ccc2N1. The number of anilines is 1. The zero-order chi connectivity index (χ0) is 22.4. The number of nitrogens with one attached hydrogen (secondary N) is 2. The van der Waals surface area contributed by atoms with E-state index in [0.29, 0.717) is 12.0 Å². The van der Waals surface area contributed by atoms with Crippen molar-refractivity contribution in [3.05, 3.63) is 71.9 Å². The number of hydrogen-bond donors (Lipinski definition) is 2. The topological polar surface area (TPSA) is 91.6 Å². The molecule has 0 bridgehead atoms. The maximum Gasteiger partial charge on any atom is 0.253 e. The Balaban J connectivity index is 1.31. The van der Waals surface area contributed by atoms with Crippen LogP contribution in [-0.2, 0) is 11.2 Å². The quantitative estimate of drug-likeness (QED) is 0.513. The van der Waals surface area contributed by atoms with Gasteiger partial charge in [0.25, 0.3) is 5.91 Å². The normalized spacial score (nSPS) is 15.5. The van der Waals surface area contributed by atoms with Gasteiger partial charge in [0.05, 0.1) is 24.0 Å². The molecule has 2 N–H and O–H groups in total. The van der Waals surface area contributed by atoms with Crippen LogP contribution in [0.1, 0.15) is 15.9 Å². The minimum absolute atomic E-state index is 0.0135. The van der Waals surface area contributed by atoms with Crippen LogP contribution in [0.15, 0.2) is 60.8 Å². The molecule has 6 rings (SSSR count). The molecule has 2 aromatic heterocycles. The first-order valence-corrected chi connectivity index (χ1v) is 11.0. The van der Waals surface area contributed by atoms with Crippen molar-refractivity contribution in [2.75, 3.05) is 31.5 Å². The molecule has 2 amide bonds. The minimum Gasteiger partial charge on any atom is -0.336 e. The molecular formula is C25H22N6O2. The molecule has 164 valence electrons. The Kier molecular flexibility index (Phi) is 4.66. The van der Waals surface area contributed by atoms with Gasteiger partial charge in [-0.25, -0.2) is 9.50 Å². The predicted molar refractivity (Wildman–Crippen MR) is 125 cm³/mol. The lowest BCUT2D eigenvalue weighted by Gasteiger charge is -2.27. The van der Waals surface area contributed by atoms with E-state index in [4.69, 9.17) is 5.10 Å². The number of carbonyl (C=O) groups is 2. The first kappa shape index (κ1) is 19.6. The third-order valence-electron chi connectivity index (χ3n) is 6.22. The third-order valence-corrected chi connectivity index (χ3v) is 6.22. The molecule has 0 unspecified atom stereocenters. The predicted octanol–water partition coefficient (Wildman–Crippen LogP) is 2.60. The molecular weight excluding hydrogens is 416 g/mol. The fraction of sp³-hybridized carbons (Fsp3) is 0.200. The van der Waals surface area contributed by atoms with Crippen molar-refractivity contribution in [2.24, 2.45) is 0 Å². The molecule has 0 atom stereocenters. The van der Waals surface area contributed by atoms with Crippen LogP contribution in [0.5, 0.6) is 0 Å². The van der Waals surface area contributed by atoms with Crippen molar-refractivity contribution in [1.82, 2.24) is 24.8 Å². The van der Waals surface area contributed by atoms with Gasteiger partial charge in [-0.15, -0.1) is 0 Å². The second-order valence-corrected chi connectivity index (χ2v) is 8.35. The van der Waals surface area contributed by atoms with Gasteiger partial charge in [-0.2, -0.15) is 5.10 Å². The van der Waals surface area contributed by atoms with Crippen LogP contribution >= 0.6 is 0 Å². The molecule has 8 nitrogen and oxygen atoms in total. The van der Waals surface area contributed by atoms with Crippen molar-refractivity contribution in [2.45, 2.75) is 6.42 Å². The number of carbonyl (C=O) groups excluding carboxylic acids is 2. The molecule has 2 aliphatic heterocycles. The van der Waals surface area contributed by atoms with Gasteiger partial charge in [-0.3, -0.25) is 9.59 Å². The van der Waals surface area contributed by atoms with Gasteiger partial charge in [0.2, 0.25) is 5.91 Å². The van der Waals surface area contributed by atoms with Crippen LogP contribution in [0, 0.1) is 0 Å². The summed E-state index contributed by atoms with van der Waals surface area (Å²) < 4.78 is 1.82. The van der Waals surface area contributed by atoms with E-state index >= 15 is 0 Å². The highest BCUT2D eigenvalue weighted by atomic mass is 16.2. The van der Waals surface area contributed by atoms with Crippen molar-refractivity contribution >= 4 is 23.1 Å². The summed E-state index contributed by atoms with van der Waals surface area (Å²) in [5.41, 5.74) is 6.81. The van der Waals surface area contributed by atoms with Gasteiger partial charge in [0.15, 0.2) is 5.65 Å². The highest BCUT2D eigenvalue weighted by molar-refractivity contribution is 5.99. The fourth-order valence-corrected chi connectivity index (χ4v) is 4.45. The van der Waals surface area contributed by atoms with Gasteiger partial charge in [0, 0.05) is 48.6 Å². The molecule has 1 saturated heterocycles. The van der Waals surface area contributed by atoms with Crippen LogP contribution in [0.25, 0.3) is 28.2 Å². The molecule has 0 aliphatic carbocycles. The summed E-state index contributed by atoms with van der Waals surface area (Å²) in [6, 6.07) is 17.4. The van der Waals surface area contributed by atoms with E-state index in [9.17, 15) is 9.59 Å². The zero-order valence-corrected chi connectivity index (χ0v) is 17.9. The molecule has 0 spiro atoms. The Morgan fingerprint density at radius 2 is 1.73 bits per heavy atom. The van der Waals surface area contributed by atoms with E-state index < -0.39 is 0 Å². The van der Waals surface area contributed by atoms with E-state index in [1.165, 1.54) is 0 Å². The van der Waals surface area contributed by atoms with E-state index in [0.717, 1.165) is 65.6 Å². The summed E-state index contributed by atoms with van der Waals surface area (Å²) in [5, 5.41) is 11.0.